The highest BCUT2D eigenvalue weighted by molar-refractivity contribution is 7.89. The van der Waals surface area contributed by atoms with Crippen molar-refractivity contribution in [3.05, 3.63) is 24.0 Å². The highest BCUT2D eigenvalue weighted by Gasteiger charge is 2.33. The molecule has 1 saturated heterocycles. The molecule has 19 heavy (non-hydrogen) atoms. The summed E-state index contributed by atoms with van der Waals surface area (Å²) < 4.78 is 39.1. The van der Waals surface area contributed by atoms with E-state index < -0.39 is 21.9 Å². The number of aliphatic hydroxyl groups excluding tert-OH is 1. The van der Waals surface area contributed by atoms with E-state index in [1.165, 1.54) is 6.07 Å². The molecule has 0 aromatic heterocycles. The number of benzene rings is 1. The monoisotopic (exact) mass is 288 g/mol. The van der Waals surface area contributed by atoms with Crippen LogP contribution in [-0.4, -0.2) is 37.0 Å². The highest BCUT2D eigenvalue weighted by Crippen LogP contribution is 2.27. The molecule has 0 amide bonds. The molecule has 1 aliphatic rings. The van der Waals surface area contributed by atoms with Gasteiger partial charge in [0.25, 0.3) is 0 Å². The van der Waals surface area contributed by atoms with Crippen molar-refractivity contribution < 1.29 is 17.9 Å². The third kappa shape index (κ3) is 2.72. The molecule has 1 aliphatic heterocycles. The van der Waals surface area contributed by atoms with E-state index in [9.17, 15) is 17.9 Å². The number of anilines is 1. The van der Waals surface area contributed by atoms with Gasteiger partial charge in [0.05, 0.1) is 11.8 Å². The summed E-state index contributed by atoms with van der Waals surface area (Å²) in [7, 11) is -3.86. The second kappa shape index (κ2) is 5.07. The maximum Gasteiger partial charge on any atom is 0.245 e. The number of rotatable bonds is 2. The summed E-state index contributed by atoms with van der Waals surface area (Å²) in [6.07, 6.45) is -0.145. The van der Waals surface area contributed by atoms with Gasteiger partial charge in [0.15, 0.2) is 0 Å². The summed E-state index contributed by atoms with van der Waals surface area (Å²) >= 11 is 0. The molecule has 0 saturated carbocycles. The van der Waals surface area contributed by atoms with Crippen LogP contribution in [0.5, 0.6) is 0 Å². The van der Waals surface area contributed by atoms with E-state index in [0.717, 1.165) is 16.4 Å². The first-order valence-corrected chi connectivity index (χ1v) is 7.49. The molecule has 1 heterocycles. The Hall–Kier alpha value is -1.18. The molecule has 1 aromatic carbocycles. The molecule has 106 valence electrons. The van der Waals surface area contributed by atoms with Crippen LogP contribution in [0.2, 0.25) is 0 Å². The van der Waals surface area contributed by atoms with Crippen molar-refractivity contribution in [2.24, 2.45) is 5.92 Å². The van der Waals surface area contributed by atoms with Crippen LogP contribution in [0.15, 0.2) is 23.1 Å². The number of hydrogen-bond acceptors (Lipinski definition) is 4. The molecule has 0 spiro atoms. The van der Waals surface area contributed by atoms with Gasteiger partial charge in [-0.2, -0.15) is 4.31 Å². The standard InChI is InChI=1S/C12H17FN2O3S/c1-8-4-5-15(7-11(8)16)19(17,18)12-6-9(13)2-3-10(12)14/h2-3,6,8,11,16H,4-5,7,14H2,1H3. The van der Waals surface area contributed by atoms with Crippen molar-refractivity contribution in [3.63, 3.8) is 0 Å². The quantitative estimate of drug-likeness (QED) is 0.788. The molecular weight excluding hydrogens is 271 g/mol. The lowest BCUT2D eigenvalue weighted by Crippen LogP contribution is -2.45. The largest absolute Gasteiger partial charge is 0.398 e. The first-order valence-electron chi connectivity index (χ1n) is 6.05. The number of halogens is 1. The van der Waals surface area contributed by atoms with E-state index >= 15 is 0 Å². The van der Waals surface area contributed by atoms with Crippen LogP contribution in [0.1, 0.15) is 13.3 Å². The number of nitrogen functional groups attached to an aromatic ring is 1. The van der Waals surface area contributed by atoms with Gasteiger partial charge in [0, 0.05) is 13.1 Å². The van der Waals surface area contributed by atoms with Crippen molar-refractivity contribution in [2.75, 3.05) is 18.8 Å². The summed E-state index contributed by atoms with van der Waals surface area (Å²) in [5.74, 6) is -0.602. The molecule has 1 fully saturated rings. The molecular formula is C12H17FN2O3S. The Labute approximate surface area is 111 Å². The number of aliphatic hydroxyl groups is 1. The predicted octanol–water partition coefficient (Wildman–Crippen LogP) is 0.799. The van der Waals surface area contributed by atoms with E-state index in [1.54, 1.807) is 0 Å². The Morgan fingerprint density at radius 1 is 1.47 bits per heavy atom. The minimum Gasteiger partial charge on any atom is -0.398 e. The van der Waals surface area contributed by atoms with Gasteiger partial charge >= 0.3 is 0 Å². The Morgan fingerprint density at radius 2 is 2.16 bits per heavy atom. The second-order valence-electron chi connectivity index (χ2n) is 4.88. The first-order chi connectivity index (χ1) is 8.82. The van der Waals surface area contributed by atoms with Gasteiger partial charge in [-0.15, -0.1) is 0 Å². The zero-order valence-corrected chi connectivity index (χ0v) is 11.4. The lowest BCUT2D eigenvalue weighted by Gasteiger charge is -2.33. The summed E-state index contributed by atoms with van der Waals surface area (Å²) in [6.45, 7) is 2.18. The zero-order valence-electron chi connectivity index (χ0n) is 10.6. The first kappa shape index (κ1) is 14.2. The second-order valence-corrected chi connectivity index (χ2v) is 6.78. The third-order valence-corrected chi connectivity index (χ3v) is 5.40. The molecule has 2 rings (SSSR count). The van der Waals surface area contributed by atoms with Crippen molar-refractivity contribution in [3.8, 4) is 0 Å². The molecule has 0 radical (unpaired) electrons. The predicted molar refractivity (Wildman–Crippen MR) is 69.4 cm³/mol. The maximum atomic E-state index is 13.2. The van der Waals surface area contributed by atoms with E-state index in [0.29, 0.717) is 13.0 Å². The Morgan fingerprint density at radius 3 is 2.79 bits per heavy atom. The Kier molecular flexibility index (Phi) is 3.80. The molecule has 1 aromatic rings. The smallest absolute Gasteiger partial charge is 0.245 e. The number of β-amino-alcohol motifs (C(OH)–C–C–N with tert-alkyl or cyclic N) is 1. The third-order valence-electron chi connectivity index (χ3n) is 3.47. The zero-order chi connectivity index (χ0) is 14.2. The lowest BCUT2D eigenvalue weighted by molar-refractivity contribution is 0.0605. The molecule has 7 heteroatoms. The SMILES string of the molecule is CC1CCN(S(=O)(=O)c2cc(F)ccc2N)CC1O. The van der Waals surface area contributed by atoms with Gasteiger partial charge in [-0.1, -0.05) is 6.92 Å². The Balaban J connectivity index is 2.35. The highest BCUT2D eigenvalue weighted by atomic mass is 32.2. The minimum atomic E-state index is -3.86. The fraction of sp³-hybridized carbons (Fsp3) is 0.500. The molecule has 2 atom stereocenters. The van der Waals surface area contributed by atoms with Crippen LogP contribution in [-0.2, 0) is 10.0 Å². The molecule has 0 bridgehead atoms. The van der Waals surface area contributed by atoms with Gasteiger partial charge in [-0.3, -0.25) is 0 Å². The number of hydrogen-bond donors (Lipinski definition) is 2. The van der Waals surface area contributed by atoms with Gasteiger partial charge < -0.3 is 10.8 Å². The van der Waals surface area contributed by atoms with Gasteiger partial charge in [0.2, 0.25) is 10.0 Å². The molecule has 2 unspecified atom stereocenters. The van der Waals surface area contributed by atoms with E-state index in [4.69, 9.17) is 5.73 Å². The van der Waals surface area contributed by atoms with Crippen molar-refractivity contribution in [1.82, 2.24) is 4.31 Å². The van der Waals surface area contributed by atoms with Crippen LogP contribution in [0.4, 0.5) is 10.1 Å². The number of nitrogens with two attached hydrogens (primary N) is 1. The van der Waals surface area contributed by atoms with Crippen LogP contribution in [0.25, 0.3) is 0 Å². The number of nitrogens with zero attached hydrogens (tertiary/aromatic N) is 1. The van der Waals surface area contributed by atoms with Gasteiger partial charge in [-0.25, -0.2) is 12.8 Å². The average molecular weight is 288 g/mol. The van der Waals surface area contributed by atoms with E-state index in [2.05, 4.69) is 0 Å². The van der Waals surface area contributed by atoms with Crippen LogP contribution in [0.3, 0.4) is 0 Å². The van der Waals surface area contributed by atoms with Crippen LogP contribution < -0.4 is 5.73 Å². The maximum absolute atomic E-state index is 13.2. The molecule has 3 N–H and O–H groups in total. The van der Waals surface area contributed by atoms with Crippen molar-refractivity contribution in [1.29, 1.82) is 0 Å². The van der Waals surface area contributed by atoms with Gasteiger partial charge in [0.1, 0.15) is 10.7 Å². The van der Waals surface area contributed by atoms with Crippen molar-refractivity contribution in [2.45, 2.75) is 24.3 Å². The average Bonchev–Trinajstić information content (AvgIpc) is 2.35. The lowest BCUT2D eigenvalue weighted by atomic mass is 9.98. The van der Waals surface area contributed by atoms with Crippen LogP contribution in [0, 0.1) is 11.7 Å². The molecule has 5 nitrogen and oxygen atoms in total. The fourth-order valence-electron chi connectivity index (χ4n) is 2.11. The summed E-state index contributed by atoms with van der Waals surface area (Å²) in [6, 6.07) is 3.25. The topological polar surface area (TPSA) is 83.6 Å². The molecule has 0 aliphatic carbocycles. The minimum absolute atomic E-state index is 0.00881. The summed E-state index contributed by atoms with van der Waals surface area (Å²) in [4.78, 5) is -0.241. The van der Waals surface area contributed by atoms with Crippen LogP contribution >= 0.6 is 0 Å². The van der Waals surface area contributed by atoms with E-state index in [-0.39, 0.29) is 23.0 Å². The van der Waals surface area contributed by atoms with E-state index in [1.807, 2.05) is 6.92 Å². The van der Waals surface area contributed by atoms with Crippen molar-refractivity contribution >= 4 is 15.7 Å². The van der Waals surface area contributed by atoms with Gasteiger partial charge in [-0.05, 0) is 30.5 Å². The number of sulfonamides is 1. The normalized spacial score (nSPS) is 25.4. The Bertz CT molecular complexity index is 576. The fourth-order valence-corrected chi connectivity index (χ4v) is 3.71. The summed E-state index contributed by atoms with van der Waals surface area (Å²) in [5, 5.41) is 9.77. The number of piperidine rings is 1. The summed E-state index contributed by atoms with van der Waals surface area (Å²) in [5.41, 5.74) is 5.62.